The minimum atomic E-state index is -4.05. The third-order valence-electron chi connectivity index (χ3n) is 5.02. The maximum absolute atomic E-state index is 13.4. The second-order valence-electron chi connectivity index (χ2n) is 7.36. The molecule has 0 aliphatic carbocycles. The van der Waals surface area contributed by atoms with Gasteiger partial charge in [0.2, 0.25) is 5.91 Å². The third-order valence-corrected chi connectivity index (χ3v) is 7.33. The third kappa shape index (κ3) is 5.63. The van der Waals surface area contributed by atoms with Gasteiger partial charge in [0.25, 0.3) is 10.0 Å². The molecule has 3 aromatic carbocycles. The zero-order valence-electron chi connectivity index (χ0n) is 17.8. The van der Waals surface area contributed by atoms with Gasteiger partial charge in [0.1, 0.15) is 6.54 Å². The highest BCUT2D eigenvalue weighted by Crippen LogP contribution is 2.32. The molecular formula is C24H24Cl2N2O3S. The van der Waals surface area contributed by atoms with Crippen molar-refractivity contribution >= 4 is 44.8 Å². The van der Waals surface area contributed by atoms with E-state index in [9.17, 15) is 13.2 Å². The van der Waals surface area contributed by atoms with Crippen molar-refractivity contribution < 1.29 is 13.2 Å². The van der Waals surface area contributed by atoms with Crippen molar-refractivity contribution in [2.24, 2.45) is 0 Å². The number of hydrogen-bond donors (Lipinski definition) is 1. The number of carbonyl (C=O) groups excluding carboxylic acids is 1. The summed E-state index contributed by atoms with van der Waals surface area (Å²) in [4.78, 5) is 13.1. The lowest BCUT2D eigenvalue weighted by Crippen LogP contribution is -2.42. The standard InChI is InChI=1S/C24H24Cl2N2O3S/c1-3-22(18-11-9-17(2)10-12-18)27-24(29)16-28(23-14-13-19(25)15-21(23)26)32(30,31)20-7-5-4-6-8-20/h4-15,22H,3,16H2,1-2H3,(H,27,29). The molecule has 0 saturated carbocycles. The van der Waals surface area contributed by atoms with Gasteiger partial charge in [-0.05, 0) is 49.2 Å². The number of nitrogens with one attached hydrogen (secondary N) is 1. The lowest BCUT2D eigenvalue weighted by Gasteiger charge is -2.26. The molecule has 1 atom stereocenters. The van der Waals surface area contributed by atoms with E-state index < -0.39 is 22.5 Å². The first-order chi connectivity index (χ1) is 15.2. The molecule has 0 bridgehead atoms. The van der Waals surface area contributed by atoms with E-state index in [2.05, 4.69) is 5.32 Å². The molecule has 5 nitrogen and oxygen atoms in total. The molecule has 1 unspecified atom stereocenters. The first-order valence-corrected chi connectivity index (χ1v) is 12.3. The van der Waals surface area contributed by atoms with Gasteiger partial charge in [0.05, 0.1) is 21.6 Å². The van der Waals surface area contributed by atoms with Gasteiger partial charge in [0.15, 0.2) is 0 Å². The van der Waals surface area contributed by atoms with Crippen molar-refractivity contribution in [3.8, 4) is 0 Å². The van der Waals surface area contributed by atoms with Gasteiger partial charge >= 0.3 is 0 Å². The molecule has 0 aromatic heterocycles. The topological polar surface area (TPSA) is 66.5 Å². The molecular weight excluding hydrogens is 467 g/mol. The van der Waals surface area contributed by atoms with Gasteiger partial charge < -0.3 is 5.32 Å². The average Bonchev–Trinajstić information content (AvgIpc) is 2.77. The summed E-state index contributed by atoms with van der Waals surface area (Å²) in [6.45, 7) is 3.52. The van der Waals surface area contributed by atoms with Gasteiger partial charge in [-0.2, -0.15) is 0 Å². The Morgan fingerprint density at radius 2 is 1.66 bits per heavy atom. The number of halogens is 2. The van der Waals surface area contributed by atoms with Crippen molar-refractivity contribution in [2.75, 3.05) is 10.8 Å². The van der Waals surface area contributed by atoms with Crippen LogP contribution in [0.25, 0.3) is 0 Å². The van der Waals surface area contributed by atoms with Crippen LogP contribution in [0.4, 0.5) is 5.69 Å². The van der Waals surface area contributed by atoms with Crippen LogP contribution in [0.3, 0.4) is 0 Å². The molecule has 0 spiro atoms. The Morgan fingerprint density at radius 3 is 2.25 bits per heavy atom. The Kier molecular flexibility index (Phi) is 7.82. The number of nitrogens with zero attached hydrogens (tertiary/aromatic N) is 1. The predicted molar refractivity (Wildman–Crippen MR) is 130 cm³/mol. The molecule has 0 saturated heterocycles. The zero-order chi connectivity index (χ0) is 23.3. The Bertz CT molecular complexity index is 1180. The normalized spacial score (nSPS) is 12.2. The molecule has 0 aliphatic heterocycles. The Morgan fingerprint density at radius 1 is 1.00 bits per heavy atom. The lowest BCUT2D eigenvalue weighted by molar-refractivity contribution is -0.120. The zero-order valence-corrected chi connectivity index (χ0v) is 20.1. The van der Waals surface area contributed by atoms with E-state index in [0.717, 1.165) is 15.4 Å². The van der Waals surface area contributed by atoms with E-state index >= 15 is 0 Å². The molecule has 32 heavy (non-hydrogen) atoms. The van der Waals surface area contributed by atoms with Crippen LogP contribution in [-0.4, -0.2) is 20.9 Å². The van der Waals surface area contributed by atoms with Gasteiger partial charge in [-0.1, -0.05) is 78.2 Å². The Balaban J connectivity index is 1.93. The molecule has 0 aliphatic rings. The second kappa shape index (κ2) is 10.4. The SMILES string of the molecule is CCC(NC(=O)CN(c1ccc(Cl)cc1Cl)S(=O)(=O)c1ccccc1)c1ccc(C)cc1. The van der Waals surface area contributed by atoms with E-state index in [1.54, 1.807) is 18.2 Å². The minimum absolute atomic E-state index is 0.0596. The van der Waals surface area contributed by atoms with Gasteiger partial charge in [-0.25, -0.2) is 8.42 Å². The van der Waals surface area contributed by atoms with E-state index in [4.69, 9.17) is 23.2 Å². The summed E-state index contributed by atoms with van der Waals surface area (Å²) in [7, 11) is -4.05. The predicted octanol–water partition coefficient (Wildman–Crippen LogP) is 5.76. The van der Waals surface area contributed by atoms with Crippen LogP contribution in [-0.2, 0) is 14.8 Å². The van der Waals surface area contributed by atoms with Crippen molar-refractivity contribution in [2.45, 2.75) is 31.2 Å². The molecule has 168 valence electrons. The summed E-state index contributed by atoms with van der Waals surface area (Å²) in [6.07, 6.45) is 0.655. The first kappa shape index (κ1) is 24.1. The summed E-state index contributed by atoms with van der Waals surface area (Å²) in [5.41, 5.74) is 2.25. The molecule has 8 heteroatoms. The number of anilines is 1. The molecule has 0 radical (unpaired) electrons. The highest BCUT2D eigenvalue weighted by Gasteiger charge is 2.29. The number of carbonyl (C=O) groups is 1. The first-order valence-electron chi connectivity index (χ1n) is 10.1. The molecule has 1 N–H and O–H groups in total. The maximum atomic E-state index is 13.4. The van der Waals surface area contributed by atoms with E-state index in [-0.39, 0.29) is 21.6 Å². The van der Waals surface area contributed by atoms with Crippen molar-refractivity contribution in [1.82, 2.24) is 5.32 Å². The summed E-state index contributed by atoms with van der Waals surface area (Å²) in [5, 5.41) is 3.44. The lowest BCUT2D eigenvalue weighted by atomic mass is 10.0. The smallest absolute Gasteiger partial charge is 0.264 e. The fourth-order valence-electron chi connectivity index (χ4n) is 3.29. The maximum Gasteiger partial charge on any atom is 0.264 e. The molecule has 0 heterocycles. The summed E-state index contributed by atoms with van der Waals surface area (Å²) in [5.74, 6) is -0.442. The van der Waals surface area contributed by atoms with E-state index in [1.807, 2.05) is 38.1 Å². The fraction of sp³-hybridized carbons (Fsp3) is 0.208. The highest BCUT2D eigenvalue weighted by atomic mass is 35.5. The van der Waals surface area contributed by atoms with Gasteiger partial charge in [-0.15, -0.1) is 0 Å². The van der Waals surface area contributed by atoms with Crippen LogP contribution in [0.2, 0.25) is 10.0 Å². The number of rotatable bonds is 8. The molecule has 1 amide bonds. The van der Waals surface area contributed by atoms with Gasteiger partial charge in [-0.3, -0.25) is 9.10 Å². The number of sulfonamides is 1. The average molecular weight is 491 g/mol. The summed E-state index contributed by atoms with van der Waals surface area (Å²) >= 11 is 12.3. The number of amides is 1. The number of benzene rings is 3. The molecule has 3 aromatic rings. The van der Waals surface area contributed by atoms with Gasteiger partial charge in [0, 0.05) is 5.02 Å². The Labute approximate surface area is 199 Å². The number of hydrogen-bond acceptors (Lipinski definition) is 3. The minimum Gasteiger partial charge on any atom is -0.348 e. The summed E-state index contributed by atoms with van der Waals surface area (Å²) in [6, 6.07) is 20.0. The van der Waals surface area contributed by atoms with Crippen molar-refractivity contribution in [3.05, 3.63) is 94.0 Å². The van der Waals surface area contributed by atoms with Crippen molar-refractivity contribution in [3.63, 3.8) is 0 Å². The van der Waals surface area contributed by atoms with Crippen molar-refractivity contribution in [1.29, 1.82) is 0 Å². The fourth-order valence-corrected chi connectivity index (χ4v) is 5.31. The van der Waals surface area contributed by atoms with E-state index in [0.29, 0.717) is 11.4 Å². The van der Waals surface area contributed by atoms with Crippen LogP contribution >= 0.6 is 23.2 Å². The monoisotopic (exact) mass is 490 g/mol. The number of aryl methyl sites for hydroxylation is 1. The largest absolute Gasteiger partial charge is 0.348 e. The second-order valence-corrected chi connectivity index (χ2v) is 10.1. The van der Waals surface area contributed by atoms with Crippen LogP contribution in [0.5, 0.6) is 0 Å². The van der Waals surface area contributed by atoms with Crippen LogP contribution in [0.1, 0.15) is 30.5 Å². The van der Waals surface area contributed by atoms with E-state index in [1.165, 1.54) is 30.3 Å². The van der Waals surface area contributed by atoms with Crippen LogP contribution < -0.4 is 9.62 Å². The molecule has 3 rings (SSSR count). The highest BCUT2D eigenvalue weighted by molar-refractivity contribution is 7.92. The van der Waals surface area contributed by atoms with Crippen LogP contribution in [0, 0.1) is 6.92 Å². The molecule has 0 fully saturated rings. The van der Waals surface area contributed by atoms with Crippen LogP contribution in [0.15, 0.2) is 77.7 Å². The Hall–Kier alpha value is -2.54. The summed E-state index contributed by atoms with van der Waals surface area (Å²) < 4.78 is 27.9. The quantitative estimate of drug-likeness (QED) is 0.436.